The Bertz CT molecular complexity index is 265. The van der Waals surface area contributed by atoms with Crippen LogP contribution in [0, 0.1) is 29.6 Å². The van der Waals surface area contributed by atoms with Crippen LogP contribution in [0.4, 0.5) is 0 Å². The Balaban J connectivity index is 1.57. The largest absolute Gasteiger partial charge is 0.384 e. The Morgan fingerprint density at radius 2 is 2.14 bits per heavy atom. The van der Waals surface area contributed by atoms with E-state index >= 15 is 0 Å². The lowest BCUT2D eigenvalue weighted by Gasteiger charge is -2.32. The SMILES string of the molecule is COCC1CC2CC1C1CC3OC3C21. The third-order valence-electron chi connectivity index (χ3n) is 5.26. The molecule has 7 unspecified atom stereocenters. The lowest BCUT2D eigenvalue weighted by Crippen LogP contribution is -2.30. The Kier molecular flexibility index (Phi) is 1.47. The first-order valence-electron chi connectivity index (χ1n) is 6.03. The van der Waals surface area contributed by atoms with E-state index in [1.165, 1.54) is 19.3 Å². The summed E-state index contributed by atoms with van der Waals surface area (Å²) in [5.74, 6) is 4.82. The van der Waals surface area contributed by atoms with Crippen LogP contribution < -0.4 is 0 Å². The van der Waals surface area contributed by atoms with Gasteiger partial charge in [0.05, 0.1) is 12.2 Å². The van der Waals surface area contributed by atoms with Crippen molar-refractivity contribution in [3.8, 4) is 0 Å². The van der Waals surface area contributed by atoms with Crippen LogP contribution in [0.3, 0.4) is 0 Å². The van der Waals surface area contributed by atoms with Gasteiger partial charge in [-0.3, -0.25) is 0 Å². The van der Waals surface area contributed by atoms with Crippen LogP contribution in [0.5, 0.6) is 0 Å². The van der Waals surface area contributed by atoms with Crippen LogP contribution in [-0.4, -0.2) is 25.9 Å². The highest BCUT2D eigenvalue weighted by molar-refractivity contribution is 5.13. The first-order chi connectivity index (χ1) is 6.88. The standard InChI is InChI=1S/C12H18O2/c1-13-5-7-2-6-3-8(7)9-4-10-12(14-10)11(6)9/h6-12H,2-5H2,1H3. The number of hydrogen-bond acceptors (Lipinski definition) is 2. The number of fused-ring (bicyclic) bond motifs is 7. The second-order valence-electron chi connectivity index (χ2n) is 5.73. The molecule has 2 bridgehead atoms. The van der Waals surface area contributed by atoms with Gasteiger partial charge in [-0.2, -0.15) is 0 Å². The zero-order chi connectivity index (χ0) is 9.28. The summed E-state index contributed by atoms with van der Waals surface area (Å²) < 4.78 is 11.0. The highest BCUT2D eigenvalue weighted by Gasteiger charge is 2.66. The number of ether oxygens (including phenoxy) is 2. The molecule has 0 aromatic rings. The van der Waals surface area contributed by atoms with E-state index in [1.807, 2.05) is 7.11 Å². The molecule has 0 radical (unpaired) electrons. The number of rotatable bonds is 2. The van der Waals surface area contributed by atoms with E-state index in [0.29, 0.717) is 12.2 Å². The fourth-order valence-electron chi connectivity index (χ4n) is 4.88. The van der Waals surface area contributed by atoms with Gasteiger partial charge >= 0.3 is 0 Å². The summed E-state index contributed by atoms with van der Waals surface area (Å²) in [6, 6.07) is 0. The molecule has 0 spiro atoms. The Hall–Kier alpha value is -0.0800. The smallest absolute Gasteiger partial charge is 0.0875 e. The van der Waals surface area contributed by atoms with Crippen LogP contribution in [0.2, 0.25) is 0 Å². The van der Waals surface area contributed by atoms with E-state index < -0.39 is 0 Å². The molecule has 4 rings (SSSR count). The third-order valence-corrected chi connectivity index (χ3v) is 5.26. The molecule has 2 heteroatoms. The Morgan fingerprint density at radius 1 is 1.21 bits per heavy atom. The summed E-state index contributed by atoms with van der Waals surface area (Å²) in [5.41, 5.74) is 0. The van der Waals surface area contributed by atoms with E-state index in [0.717, 1.165) is 36.2 Å². The van der Waals surface area contributed by atoms with Crippen molar-refractivity contribution in [2.24, 2.45) is 29.6 Å². The highest BCUT2D eigenvalue weighted by atomic mass is 16.6. The molecule has 1 saturated heterocycles. The van der Waals surface area contributed by atoms with Crippen molar-refractivity contribution in [3.63, 3.8) is 0 Å². The average Bonchev–Trinajstić information content (AvgIpc) is 2.62. The first-order valence-corrected chi connectivity index (χ1v) is 6.03. The summed E-state index contributed by atoms with van der Waals surface area (Å²) in [6.07, 6.45) is 5.65. The van der Waals surface area contributed by atoms with Crippen molar-refractivity contribution in [3.05, 3.63) is 0 Å². The van der Waals surface area contributed by atoms with Crippen LogP contribution >= 0.6 is 0 Å². The average molecular weight is 194 g/mol. The molecule has 1 aliphatic heterocycles. The minimum absolute atomic E-state index is 0.677. The maximum Gasteiger partial charge on any atom is 0.0875 e. The summed E-state index contributed by atoms with van der Waals surface area (Å²) >= 11 is 0. The van der Waals surface area contributed by atoms with Crippen LogP contribution in [-0.2, 0) is 9.47 Å². The molecule has 0 amide bonds. The summed E-state index contributed by atoms with van der Waals surface area (Å²) in [5, 5.41) is 0. The molecule has 14 heavy (non-hydrogen) atoms. The molecule has 3 saturated carbocycles. The van der Waals surface area contributed by atoms with E-state index in [1.54, 1.807) is 0 Å². The van der Waals surface area contributed by atoms with E-state index in [2.05, 4.69) is 0 Å². The van der Waals surface area contributed by atoms with E-state index in [-0.39, 0.29) is 0 Å². The third kappa shape index (κ3) is 0.849. The van der Waals surface area contributed by atoms with Crippen molar-refractivity contribution in [2.75, 3.05) is 13.7 Å². The van der Waals surface area contributed by atoms with Gasteiger partial charge in [-0.25, -0.2) is 0 Å². The van der Waals surface area contributed by atoms with Crippen molar-refractivity contribution in [1.29, 1.82) is 0 Å². The molecule has 0 N–H and O–H groups in total. The van der Waals surface area contributed by atoms with Gasteiger partial charge in [0.1, 0.15) is 0 Å². The van der Waals surface area contributed by atoms with Gasteiger partial charge in [-0.15, -0.1) is 0 Å². The minimum atomic E-state index is 0.677. The zero-order valence-corrected chi connectivity index (χ0v) is 8.69. The zero-order valence-electron chi connectivity index (χ0n) is 8.69. The van der Waals surface area contributed by atoms with Crippen LogP contribution in [0.25, 0.3) is 0 Å². The second-order valence-corrected chi connectivity index (χ2v) is 5.73. The molecule has 7 atom stereocenters. The molecule has 4 aliphatic rings. The minimum Gasteiger partial charge on any atom is -0.384 e. The van der Waals surface area contributed by atoms with Gasteiger partial charge in [0, 0.05) is 13.7 Å². The van der Waals surface area contributed by atoms with Gasteiger partial charge in [-0.05, 0) is 48.9 Å². The number of methoxy groups -OCH3 is 1. The first kappa shape index (κ1) is 8.12. The predicted octanol–water partition coefficient (Wildman–Crippen LogP) is 1.69. The quantitative estimate of drug-likeness (QED) is 0.624. The monoisotopic (exact) mass is 194 g/mol. The Morgan fingerprint density at radius 3 is 3.00 bits per heavy atom. The number of epoxide rings is 1. The van der Waals surface area contributed by atoms with Crippen molar-refractivity contribution < 1.29 is 9.47 Å². The number of hydrogen-bond donors (Lipinski definition) is 0. The van der Waals surface area contributed by atoms with Gasteiger partial charge in [0.2, 0.25) is 0 Å². The fraction of sp³-hybridized carbons (Fsp3) is 1.00. The van der Waals surface area contributed by atoms with Gasteiger partial charge in [0.15, 0.2) is 0 Å². The van der Waals surface area contributed by atoms with Crippen molar-refractivity contribution in [1.82, 2.24) is 0 Å². The van der Waals surface area contributed by atoms with Crippen LogP contribution in [0.15, 0.2) is 0 Å². The Labute approximate surface area is 85.0 Å². The maximum absolute atomic E-state index is 5.68. The maximum atomic E-state index is 5.68. The second kappa shape index (κ2) is 2.53. The van der Waals surface area contributed by atoms with E-state index in [4.69, 9.17) is 9.47 Å². The molecule has 78 valence electrons. The molecule has 4 fully saturated rings. The molecule has 2 nitrogen and oxygen atoms in total. The summed E-state index contributed by atoms with van der Waals surface area (Å²) in [4.78, 5) is 0. The summed E-state index contributed by atoms with van der Waals surface area (Å²) in [6.45, 7) is 1.00. The molecule has 0 aromatic carbocycles. The highest BCUT2D eigenvalue weighted by Crippen LogP contribution is 2.65. The van der Waals surface area contributed by atoms with E-state index in [9.17, 15) is 0 Å². The topological polar surface area (TPSA) is 21.8 Å². The van der Waals surface area contributed by atoms with Gasteiger partial charge in [0.25, 0.3) is 0 Å². The lowest BCUT2D eigenvalue weighted by molar-refractivity contribution is 0.0619. The normalized spacial score (nSPS) is 62.8. The van der Waals surface area contributed by atoms with Gasteiger partial charge < -0.3 is 9.47 Å². The molecular weight excluding hydrogens is 176 g/mol. The molecule has 3 aliphatic carbocycles. The predicted molar refractivity (Wildman–Crippen MR) is 51.8 cm³/mol. The molecule has 1 heterocycles. The molecular formula is C12H18O2. The van der Waals surface area contributed by atoms with Gasteiger partial charge in [-0.1, -0.05) is 0 Å². The summed E-state index contributed by atoms with van der Waals surface area (Å²) in [7, 11) is 1.85. The molecule has 0 aromatic heterocycles. The van der Waals surface area contributed by atoms with Crippen molar-refractivity contribution in [2.45, 2.75) is 31.5 Å². The fourth-order valence-corrected chi connectivity index (χ4v) is 4.88. The van der Waals surface area contributed by atoms with Crippen LogP contribution in [0.1, 0.15) is 19.3 Å². The van der Waals surface area contributed by atoms with Crippen molar-refractivity contribution >= 4 is 0 Å². The lowest BCUT2D eigenvalue weighted by atomic mass is 9.75.